The zero-order valence-electron chi connectivity index (χ0n) is 14.9. The van der Waals surface area contributed by atoms with E-state index in [1.54, 1.807) is 19.2 Å². The summed E-state index contributed by atoms with van der Waals surface area (Å²) in [5.74, 6) is 1.41. The Hall–Kier alpha value is -1.86. The zero-order valence-corrected chi connectivity index (χ0v) is 14.9. The normalized spacial score (nSPS) is 19.0. The standard InChI is InChI=1S/C19H24F3N3O/c1-26-12-11-25-10-8-23-18(25)16-3-2-9-24(14-16)13-15-4-6-17(7-5-15)19(20,21)22/h4-8,10,16H,2-3,9,11-14H2,1H3. The monoisotopic (exact) mass is 367 g/mol. The van der Waals surface area contributed by atoms with E-state index >= 15 is 0 Å². The van der Waals surface area contributed by atoms with Crippen LogP contribution in [0.2, 0.25) is 0 Å². The summed E-state index contributed by atoms with van der Waals surface area (Å²) in [7, 11) is 1.68. The van der Waals surface area contributed by atoms with Crippen LogP contribution in [0.1, 0.15) is 35.7 Å². The van der Waals surface area contributed by atoms with Gasteiger partial charge in [-0.1, -0.05) is 12.1 Å². The van der Waals surface area contributed by atoms with Crippen molar-refractivity contribution in [2.45, 2.75) is 38.0 Å². The highest BCUT2D eigenvalue weighted by Gasteiger charge is 2.30. The highest BCUT2D eigenvalue weighted by atomic mass is 19.4. The van der Waals surface area contributed by atoms with Crippen molar-refractivity contribution >= 4 is 0 Å². The third-order valence-corrected chi connectivity index (χ3v) is 4.84. The smallest absolute Gasteiger partial charge is 0.383 e. The van der Waals surface area contributed by atoms with Crippen LogP contribution in [0, 0.1) is 0 Å². The minimum atomic E-state index is -4.28. The lowest BCUT2D eigenvalue weighted by atomic mass is 9.96. The summed E-state index contributed by atoms with van der Waals surface area (Å²) in [5.41, 5.74) is 0.305. The van der Waals surface area contributed by atoms with E-state index in [1.807, 2.05) is 12.4 Å². The van der Waals surface area contributed by atoms with Crippen molar-refractivity contribution in [3.05, 3.63) is 53.6 Å². The van der Waals surface area contributed by atoms with Gasteiger partial charge in [-0.25, -0.2) is 4.98 Å². The summed E-state index contributed by atoms with van der Waals surface area (Å²) in [6.07, 6.45) is 1.65. The Kier molecular flexibility index (Phi) is 5.98. The summed E-state index contributed by atoms with van der Waals surface area (Å²) in [5, 5.41) is 0. The van der Waals surface area contributed by atoms with Crippen molar-refractivity contribution in [1.82, 2.24) is 14.5 Å². The number of alkyl halides is 3. The highest BCUT2D eigenvalue weighted by molar-refractivity contribution is 5.24. The van der Waals surface area contributed by atoms with Crippen molar-refractivity contribution in [3.63, 3.8) is 0 Å². The lowest BCUT2D eigenvalue weighted by molar-refractivity contribution is -0.137. The number of rotatable bonds is 6. The van der Waals surface area contributed by atoms with E-state index in [4.69, 9.17) is 4.74 Å². The Morgan fingerprint density at radius 2 is 2.00 bits per heavy atom. The quantitative estimate of drug-likeness (QED) is 0.775. The van der Waals surface area contributed by atoms with Crippen LogP contribution in [-0.4, -0.2) is 41.3 Å². The number of benzene rings is 1. The molecule has 0 radical (unpaired) electrons. The Labute approximate surface area is 151 Å². The zero-order chi connectivity index (χ0) is 18.6. The molecular weight excluding hydrogens is 343 g/mol. The summed E-state index contributed by atoms with van der Waals surface area (Å²) >= 11 is 0. The first-order chi connectivity index (χ1) is 12.5. The third kappa shape index (κ3) is 4.65. The first-order valence-corrected chi connectivity index (χ1v) is 8.86. The van der Waals surface area contributed by atoms with Gasteiger partial charge in [-0.2, -0.15) is 13.2 Å². The van der Waals surface area contributed by atoms with Crippen molar-refractivity contribution < 1.29 is 17.9 Å². The molecule has 1 saturated heterocycles. The van der Waals surface area contributed by atoms with Gasteiger partial charge < -0.3 is 9.30 Å². The van der Waals surface area contributed by atoms with Crippen LogP contribution in [0.15, 0.2) is 36.7 Å². The average Bonchev–Trinajstić information content (AvgIpc) is 3.08. The molecule has 26 heavy (non-hydrogen) atoms. The van der Waals surface area contributed by atoms with Crippen LogP contribution < -0.4 is 0 Å². The van der Waals surface area contributed by atoms with E-state index in [1.165, 1.54) is 0 Å². The van der Waals surface area contributed by atoms with Crippen molar-refractivity contribution in [2.75, 3.05) is 26.8 Å². The molecule has 0 amide bonds. The summed E-state index contributed by atoms with van der Waals surface area (Å²) in [4.78, 5) is 6.83. The molecule has 7 heteroatoms. The first-order valence-electron chi connectivity index (χ1n) is 8.86. The van der Waals surface area contributed by atoms with Gasteiger partial charge in [-0.05, 0) is 37.1 Å². The van der Waals surface area contributed by atoms with E-state index < -0.39 is 11.7 Å². The van der Waals surface area contributed by atoms with Gasteiger partial charge in [-0.3, -0.25) is 4.90 Å². The molecule has 1 atom stereocenters. The second-order valence-corrected chi connectivity index (χ2v) is 6.74. The van der Waals surface area contributed by atoms with Crippen molar-refractivity contribution in [2.24, 2.45) is 0 Å². The number of aromatic nitrogens is 2. The minimum Gasteiger partial charge on any atom is -0.383 e. The molecule has 2 aromatic rings. The average molecular weight is 367 g/mol. The highest BCUT2D eigenvalue weighted by Crippen LogP contribution is 2.30. The number of nitrogens with zero attached hydrogens (tertiary/aromatic N) is 3. The van der Waals surface area contributed by atoms with E-state index in [0.717, 1.165) is 56.0 Å². The fourth-order valence-electron chi connectivity index (χ4n) is 3.53. The SMILES string of the molecule is COCCn1ccnc1C1CCCN(Cc2ccc(C(F)(F)F)cc2)C1. The second-order valence-electron chi connectivity index (χ2n) is 6.74. The molecular formula is C19H24F3N3O. The lowest BCUT2D eigenvalue weighted by Crippen LogP contribution is -2.35. The number of imidazole rings is 1. The Morgan fingerprint density at radius 3 is 2.69 bits per heavy atom. The molecule has 0 aliphatic carbocycles. The molecule has 2 heterocycles. The number of piperidine rings is 1. The van der Waals surface area contributed by atoms with Crippen LogP contribution >= 0.6 is 0 Å². The summed E-state index contributed by atoms with van der Waals surface area (Å²) in [6.45, 7) is 3.90. The maximum atomic E-state index is 12.7. The molecule has 4 nitrogen and oxygen atoms in total. The molecule has 3 rings (SSSR count). The largest absolute Gasteiger partial charge is 0.416 e. The molecule has 1 aliphatic heterocycles. The molecule has 0 N–H and O–H groups in total. The first kappa shape index (κ1) is 18.9. The third-order valence-electron chi connectivity index (χ3n) is 4.84. The van der Waals surface area contributed by atoms with Gasteiger partial charge in [0, 0.05) is 45.1 Å². The van der Waals surface area contributed by atoms with Gasteiger partial charge in [0.05, 0.1) is 12.2 Å². The minimum absolute atomic E-state index is 0.338. The van der Waals surface area contributed by atoms with Crippen molar-refractivity contribution in [3.8, 4) is 0 Å². The van der Waals surface area contributed by atoms with E-state index in [-0.39, 0.29) is 0 Å². The molecule has 0 saturated carbocycles. The lowest BCUT2D eigenvalue weighted by Gasteiger charge is -2.32. The molecule has 1 aromatic heterocycles. The fraction of sp³-hybridized carbons (Fsp3) is 0.526. The molecule has 142 valence electrons. The van der Waals surface area contributed by atoms with Gasteiger partial charge in [0.2, 0.25) is 0 Å². The maximum absolute atomic E-state index is 12.7. The van der Waals surface area contributed by atoms with E-state index in [0.29, 0.717) is 19.1 Å². The van der Waals surface area contributed by atoms with Gasteiger partial charge in [0.1, 0.15) is 5.82 Å². The predicted octanol–water partition coefficient (Wildman–Crippen LogP) is 3.93. The number of hydrogen-bond donors (Lipinski definition) is 0. The summed E-state index contributed by atoms with van der Waals surface area (Å²) < 4.78 is 45.3. The molecule has 1 unspecified atom stereocenters. The fourth-order valence-corrected chi connectivity index (χ4v) is 3.53. The number of halogens is 3. The van der Waals surface area contributed by atoms with Crippen LogP contribution in [0.5, 0.6) is 0 Å². The van der Waals surface area contributed by atoms with Crippen LogP contribution in [0.3, 0.4) is 0 Å². The predicted molar refractivity (Wildman–Crippen MR) is 92.8 cm³/mol. The van der Waals surface area contributed by atoms with Gasteiger partial charge in [-0.15, -0.1) is 0 Å². The molecule has 1 aromatic carbocycles. The van der Waals surface area contributed by atoms with Gasteiger partial charge >= 0.3 is 6.18 Å². The van der Waals surface area contributed by atoms with E-state index in [9.17, 15) is 13.2 Å². The summed E-state index contributed by atoms with van der Waals surface area (Å²) in [6, 6.07) is 5.47. The van der Waals surface area contributed by atoms with E-state index in [2.05, 4.69) is 14.5 Å². The number of likely N-dealkylation sites (tertiary alicyclic amines) is 1. The molecule has 1 aliphatic rings. The molecule has 0 bridgehead atoms. The molecule has 1 fully saturated rings. The van der Waals surface area contributed by atoms with Crippen molar-refractivity contribution in [1.29, 1.82) is 0 Å². The van der Waals surface area contributed by atoms with Gasteiger partial charge in [0.15, 0.2) is 0 Å². The number of methoxy groups -OCH3 is 1. The van der Waals surface area contributed by atoms with Gasteiger partial charge in [0.25, 0.3) is 0 Å². The Morgan fingerprint density at radius 1 is 1.23 bits per heavy atom. The van der Waals surface area contributed by atoms with Crippen LogP contribution in [0.4, 0.5) is 13.2 Å². The maximum Gasteiger partial charge on any atom is 0.416 e. The van der Waals surface area contributed by atoms with Crippen LogP contribution in [-0.2, 0) is 24.0 Å². The Bertz CT molecular complexity index is 697. The Balaban J connectivity index is 1.63. The number of ether oxygens (including phenoxy) is 1. The molecule has 0 spiro atoms. The topological polar surface area (TPSA) is 30.3 Å². The number of hydrogen-bond acceptors (Lipinski definition) is 3. The second kappa shape index (κ2) is 8.22. The van der Waals surface area contributed by atoms with Crippen LogP contribution in [0.25, 0.3) is 0 Å².